The Labute approximate surface area is 194 Å². The molecule has 0 bridgehead atoms. The summed E-state index contributed by atoms with van der Waals surface area (Å²) in [5, 5.41) is 16.4. The van der Waals surface area contributed by atoms with E-state index in [0.29, 0.717) is 25.3 Å². The maximum Gasteiger partial charge on any atom is 0.194 e. The highest BCUT2D eigenvalue weighted by atomic mass is 127. The Morgan fingerprint density at radius 3 is 2.76 bits per heavy atom. The van der Waals surface area contributed by atoms with Crippen LogP contribution in [0.2, 0.25) is 0 Å². The Hall–Kier alpha value is -1.59. The fourth-order valence-electron chi connectivity index (χ4n) is 2.63. The van der Waals surface area contributed by atoms with Crippen LogP contribution in [0.3, 0.4) is 0 Å². The number of ether oxygens (including phenoxy) is 2. The molecule has 0 fully saturated rings. The van der Waals surface area contributed by atoms with Gasteiger partial charge in [-0.3, -0.25) is 4.99 Å². The first-order valence-corrected chi connectivity index (χ1v) is 10.2. The highest BCUT2D eigenvalue weighted by molar-refractivity contribution is 14.0. The van der Waals surface area contributed by atoms with Crippen molar-refractivity contribution in [2.45, 2.75) is 32.9 Å². The number of nitrogens with one attached hydrogen (secondary N) is 1. The highest BCUT2D eigenvalue weighted by Crippen LogP contribution is 2.24. The van der Waals surface area contributed by atoms with Crippen molar-refractivity contribution in [3.63, 3.8) is 0 Å². The molecule has 7 nitrogen and oxygen atoms in total. The number of hydrogen-bond acceptors (Lipinski definition) is 6. The number of thiazole rings is 1. The van der Waals surface area contributed by atoms with Crippen molar-refractivity contribution in [3.05, 3.63) is 39.8 Å². The summed E-state index contributed by atoms with van der Waals surface area (Å²) in [4.78, 5) is 11.4. The van der Waals surface area contributed by atoms with Crippen molar-refractivity contribution in [3.8, 4) is 11.5 Å². The number of benzene rings is 1. The van der Waals surface area contributed by atoms with Crippen LogP contribution in [0, 0.1) is 0 Å². The number of nitrogens with zero attached hydrogens (tertiary/aromatic N) is 3. The number of phenolic OH excluding ortho intramolecular Hbond substituents is 1. The third kappa shape index (κ3) is 7.63. The lowest BCUT2D eigenvalue weighted by Gasteiger charge is -2.21. The monoisotopic (exact) mass is 534 g/mol. The standard InChI is InChI=1S/C20H30N4O3S.HI/c1-6-21-20(22-10-9-15-7-8-17(27-5)11-18(15)25)24(3)12-16-13-28-19(23-16)14(2)26-4;/h7-8,11,13-14,25H,6,9-10,12H2,1-5H3,(H,21,22);1H. The molecule has 1 aromatic heterocycles. The average Bonchev–Trinajstić information content (AvgIpc) is 3.16. The van der Waals surface area contributed by atoms with Gasteiger partial charge in [0.15, 0.2) is 5.96 Å². The molecule has 1 heterocycles. The van der Waals surface area contributed by atoms with E-state index in [1.807, 2.05) is 37.9 Å². The summed E-state index contributed by atoms with van der Waals surface area (Å²) in [6.45, 7) is 6.04. The normalized spacial score (nSPS) is 12.2. The Bertz CT molecular complexity index is 785. The number of aromatic hydroxyl groups is 1. The minimum atomic E-state index is 0. The van der Waals surface area contributed by atoms with Crippen LogP contribution < -0.4 is 10.1 Å². The second kappa shape index (κ2) is 12.9. The van der Waals surface area contributed by atoms with E-state index < -0.39 is 0 Å². The molecule has 0 aliphatic heterocycles. The van der Waals surface area contributed by atoms with E-state index in [-0.39, 0.29) is 35.8 Å². The number of aromatic nitrogens is 1. The molecule has 0 radical (unpaired) electrons. The molecule has 162 valence electrons. The van der Waals surface area contributed by atoms with Crippen LogP contribution in [-0.4, -0.2) is 55.3 Å². The number of phenols is 1. The van der Waals surface area contributed by atoms with Crippen LogP contribution >= 0.6 is 35.3 Å². The molecule has 0 spiro atoms. The van der Waals surface area contributed by atoms with Gasteiger partial charge < -0.3 is 24.8 Å². The van der Waals surface area contributed by atoms with Gasteiger partial charge in [0.1, 0.15) is 22.6 Å². The maximum atomic E-state index is 10.1. The van der Waals surface area contributed by atoms with Crippen molar-refractivity contribution in [1.82, 2.24) is 15.2 Å². The van der Waals surface area contributed by atoms with E-state index in [1.165, 1.54) is 0 Å². The van der Waals surface area contributed by atoms with Gasteiger partial charge in [-0.2, -0.15) is 0 Å². The molecule has 1 aromatic carbocycles. The first kappa shape index (κ1) is 25.4. The molecule has 1 atom stereocenters. The second-order valence-corrected chi connectivity index (χ2v) is 7.28. The molecule has 9 heteroatoms. The summed E-state index contributed by atoms with van der Waals surface area (Å²) in [5.41, 5.74) is 1.84. The topological polar surface area (TPSA) is 79.2 Å². The van der Waals surface area contributed by atoms with Crippen LogP contribution in [0.5, 0.6) is 11.5 Å². The summed E-state index contributed by atoms with van der Waals surface area (Å²) in [6.07, 6.45) is 0.647. The number of methoxy groups -OCH3 is 2. The fraction of sp³-hybridized carbons (Fsp3) is 0.500. The number of hydrogen-bond donors (Lipinski definition) is 2. The Morgan fingerprint density at radius 1 is 1.38 bits per heavy atom. The second-order valence-electron chi connectivity index (χ2n) is 6.39. The molecule has 2 N–H and O–H groups in total. The molecule has 1 unspecified atom stereocenters. The van der Waals surface area contributed by atoms with Gasteiger partial charge in [-0.15, -0.1) is 35.3 Å². The smallest absolute Gasteiger partial charge is 0.194 e. The van der Waals surface area contributed by atoms with Crippen molar-refractivity contribution in [2.75, 3.05) is 34.4 Å². The first-order valence-electron chi connectivity index (χ1n) is 9.30. The number of guanidine groups is 1. The van der Waals surface area contributed by atoms with Gasteiger partial charge in [0.05, 0.1) is 19.3 Å². The molecule has 29 heavy (non-hydrogen) atoms. The van der Waals surface area contributed by atoms with E-state index in [1.54, 1.807) is 31.6 Å². The zero-order valence-corrected chi connectivity index (χ0v) is 20.8. The zero-order valence-electron chi connectivity index (χ0n) is 17.6. The van der Waals surface area contributed by atoms with Crippen LogP contribution in [-0.2, 0) is 17.7 Å². The minimum absolute atomic E-state index is 0. The van der Waals surface area contributed by atoms with Gasteiger partial charge >= 0.3 is 0 Å². The highest BCUT2D eigenvalue weighted by Gasteiger charge is 2.13. The van der Waals surface area contributed by atoms with Crippen molar-refractivity contribution >= 4 is 41.3 Å². The van der Waals surface area contributed by atoms with Crippen molar-refractivity contribution in [1.29, 1.82) is 0 Å². The van der Waals surface area contributed by atoms with Gasteiger partial charge in [0.2, 0.25) is 0 Å². The van der Waals surface area contributed by atoms with Gasteiger partial charge in [-0.25, -0.2) is 4.98 Å². The average molecular weight is 534 g/mol. The van der Waals surface area contributed by atoms with Crippen molar-refractivity contribution in [2.24, 2.45) is 4.99 Å². The summed E-state index contributed by atoms with van der Waals surface area (Å²) in [5.74, 6) is 1.68. The van der Waals surface area contributed by atoms with Gasteiger partial charge in [-0.1, -0.05) is 6.07 Å². The quantitative estimate of drug-likeness (QED) is 0.290. The Balaban J connectivity index is 0.00000420. The molecular formula is C20H31IN4O3S. The van der Waals surface area contributed by atoms with E-state index in [9.17, 15) is 5.11 Å². The van der Waals surface area contributed by atoms with E-state index >= 15 is 0 Å². The van der Waals surface area contributed by atoms with E-state index in [0.717, 1.165) is 28.8 Å². The van der Waals surface area contributed by atoms with E-state index in [4.69, 9.17) is 9.47 Å². The van der Waals surface area contributed by atoms with Gasteiger partial charge in [0.25, 0.3) is 0 Å². The maximum absolute atomic E-state index is 10.1. The summed E-state index contributed by atoms with van der Waals surface area (Å²) < 4.78 is 10.4. The third-order valence-corrected chi connectivity index (χ3v) is 5.36. The van der Waals surface area contributed by atoms with E-state index in [2.05, 4.69) is 20.7 Å². The summed E-state index contributed by atoms with van der Waals surface area (Å²) >= 11 is 1.61. The van der Waals surface area contributed by atoms with Crippen LogP contribution in [0.4, 0.5) is 0 Å². The lowest BCUT2D eigenvalue weighted by atomic mass is 10.1. The number of halogens is 1. The molecule has 0 aliphatic carbocycles. The molecule has 2 rings (SSSR count). The van der Waals surface area contributed by atoms with Crippen LogP contribution in [0.25, 0.3) is 0 Å². The van der Waals surface area contributed by atoms with Crippen molar-refractivity contribution < 1.29 is 14.6 Å². The zero-order chi connectivity index (χ0) is 20.5. The Kier molecular flexibility index (Phi) is 11.3. The number of rotatable bonds is 9. The van der Waals surface area contributed by atoms with Gasteiger partial charge in [0, 0.05) is 38.7 Å². The molecular weight excluding hydrogens is 503 g/mol. The predicted molar refractivity (Wildman–Crippen MR) is 129 cm³/mol. The van der Waals surface area contributed by atoms with Crippen LogP contribution in [0.1, 0.15) is 36.2 Å². The Morgan fingerprint density at radius 2 is 2.14 bits per heavy atom. The third-order valence-electron chi connectivity index (χ3n) is 4.30. The summed E-state index contributed by atoms with van der Waals surface area (Å²) in [7, 11) is 5.26. The number of aliphatic imine (C=N–C) groups is 1. The molecule has 0 amide bonds. The molecule has 0 saturated carbocycles. The minimum Gasteiger partial charge on any atom is -0.508 e. The molecule has 2 aromatic rings. The molecule has 0 aliphatic rings. The van der Waals surface area contributed by atoms with Gasteiger partial charge in [-0.05, 0) is 31.9 Å². The predicted octanol–water partition coefficient (Wildman–Crippen LogP) is 3.82. The molecule has 0 saturated heterocycles. The summed E-state index contributed by atoms with van der Waals surface area (Å²) in [6, 6.07) is 5.34. The first-order chi connectivity index (χ1) is 13.5. The fourth-order valence-corrected chi connectivity index (χ4v) is 3.48. The largest absolute Gasteiger partial charge is 0.508 e. The SMILES string of the molecule is CCNC(=NCCc1ccc(OC)cc1O)N(C)Cc1csc(C(C)OC)n1.I. The lowest BCUT2D eigenvalue weighted by Crippen LogP contribution is -2.38. The van der Waals surface area contributed by atoms with Crippen LogP contribution in [0.15, 0.2) is 28.6 Å². The lowest BCUT2D eigenvalue weighted by molar-refractivity contribution is 0.119.